The van der Waals surface area contributed by atoms with Crippen molar-refractivity contribution in [2.24, 2.45) is 4.99 Å². The lowest BCUT2D eigenvalue weighted by atomic mass is 9.95. The van der Waals surface area contributed by atoms with E-state index >= 15 is 0 Å². The molecule has 5 radical (unpaired) electrons. The Labute approximate surface area is 253 Å². The first-order valence-electron chi connectivity index (χ1n) is 15.1. The number of fused-ring (bicyclic) bond motifs is 3. The van der Waals surface area contributed by atoms with Gasteiger partial charge in [0, 0.05) is 69.7 Å². The number of aromatic nitrogens is 2. The maximum atomic E-state index is 10.8. The van der Waals surface area contributed by atoms with E-state index < -0.39 is 0 Å². The first-order valence-corrected chi connectivity index (χ1v) is 15.1. The van der Waals surface area contributed by atoms with E-state index in [1.165, 1.54) is 29.2 Å². The van der Waals surface area contributed by atoms with Crippen LogP contribution in [0.5, 0.6) is 0 Å². The molecule has 9 heteroatoms. The predicted octanol–water partition coefficient (Wildman–Crippen LogP) is 5.39. The van der Waals surface area contributed by atoms with Gasteiger partial charge in [-0.3, -0.25) is 15.1 Å². The van der Waals surface area contributed by atoms with E-state index in [1.807, 2.05) is 6.07 Å². The van der Waals surface area contributed by atoms with Gasteiger partial charge in [0.25, 0.3) is 5.69 Å². The van der Waals surface area contributed by atoms with Crippen molar-refractivity contribution in [2.75, 3.05) is 57.7 Å². The van der Waals surface area contributed by atoms with Crippen molar-refractivity contribution in [3.05, 3.63) is 113 Å². The molecule has 2 aromatic carbocycles. The summed E-state index contributed by atoms with van der Waals surface area (Å²) in [7, 11) is 0. The van der Waals surface area contributed by atoms with Crippen LogP contribution in [-0.4, -0.2) is 82.7 Å². The molecule has 0 spiro atoms. The van der Waals surface area contributed by atoms with E-state index in [0.717, 1.165) is 93.1 Å². The van der Waals surface area contributed by atoms with Crippen LogP contribution in [0.2, 0.25) is 0 Å². The van der Waals surface area contributed by atoms with Crippen LogP contribution in [0.3, 0.4) is 0 Å². The Morgan fingerprint density at radius 3 is 2.40 bits per heavy atom. The van der Waals surface area contributed by atoms with E-state index in [9.17, 15) is 10.1 Å². The summed E-state index contributed by atoms with van der Waals surface area (Å²) in [5.41, 5.74) is 6.76. The zero-order valence-corrected chi connectivity index (χ0v) is 24.7. The standard InChI is InChI=1S/C34H38N7O2/c1-26-25-40-31-11-5-4-10-30(31)37-34(33(40)32(26)28-8-2-3-9-28)36-17-7-19-39-22-20-38(21-23-39)18-6-16-35-24-27-12-14-29(15-13-27)41(42)43/h2-5,8-15,24-25H,6-7,16-23H2,1H3,(H,36,37). The van der Waals surface area contributed by atoms with Gasteiger partial charge in [0.15, 0.2) is 5.82 Å². The van der Waals surface area contributed by atoms with Gasteiger partial charge in [-0.1, -0.05) is 12.1 Å². The first kappa shape index (κ1) is 29.3. The number of rotatable bonds is 12. The van der Waals surface area contributed by atoms with Crippen molar-refractivity contribution in [1.29, 1.82) is 0 Å². The monoisotopic (exact) mass is 576 g/mol. The fourth-order valence-corrected chi connectivity index (χ4v) is 6.00. The first-order chi connectivity index (χ1) is 21.1. The number of para-hydroxylation sites is 2. The fourth-order valence-electron chi connectivity index (χ4n) is 6.00. The van der Waals surface area contributed by atoms with Gasteiger partial charge in [-0.2, -0.15) is 0 Å². The molecule has 0 amide bonds. The second kappa shape index (κ2) is 13.7. The number of piperazine rings is 1. The predicted molar refractivity (Wildman–Crippen MR) is 173 cm³/mol. The summed E-state index contributed by atoms with van der Waals surface area (Å²) in [6, 6.07) is 14.9. The third-order valence-corrected chi connectivity index (χ3v) is 8.26. The zero-order chi connectivity index (χ0) is 29.6. The molecule has 1 saturated heterocycles. The third-order valence-electron chi connectivity index (χ3n) is 8.26. The second-order valence-corrected chi connectivity index (χ2v) is 11.2. The van der Waals surface area contributed by atoms with Crippen LogP contribution >= 0.6 is 0 Å². The normalized spacial score (nSPS) is 17.0. The average Bonchev–Trinajstić information content (AvgIpc) is 3.68. The highest BCUT2D eigenvalue weighted by Gasteiger charge is 2.26. The number of nitrogens with one attached hydrogen (secondary N) is 1. The molecule has 1 aliphatic carbocycles. The van der Waals surface area contributed by atoms with E-state index in [0.29, 0.717) is 0 Å². The quantitative estimate of drug-likeness (QED) is 0.105. The van der Waals surface area contributed by atoms with Gasteiger partial charge in [-0.05, 0) is 99.5 Å². The lowest BCUT2D eigenvalue weighted by Crippen LogP contribution is -2.47. The van der Waals surface area contributed by atoms with Gasteiger partial charge in [-0.25, -0.2) is 4.98 Å². The topological polar surface area (TPSA) is 91.3 Å². The van der Waals surface area contributed by atoms with Gasteiger partial charge in [0.2, 0.25) is 0 Å². The smallest absolute Gasteiger partial charge is 0.269 e. The molecule has 3 heterocycles. The number of aliphatic imine (C=N–C) groups is 1. The average molecular weight is 577 g/mol. The Kier molecular flexibility index (Phi) is 9.29. The molecule has 1 saturated carbocycles. The molecule has 43 heavy (non-hydrogen) atoms. The Balaban J connectivity index is 0.958. The molecule has 2 fully saturated rings. The highest BCUT2D eigenvalue weighted by Crippen LogP contribution is 2.39. The van der Waals surface area contributed by atoms with Gasteiger partial charge in [0.05, 0.1) is 21.5 Å². The summed E-state index contributed by atoms with van der Waals surface area (Å²) in [4.78, 5) is 25.0. The molecule has 0 unspecified atom stereocenters. The number of hydrogen-bond acceptors (Lipinski definition) is 7. The van der Waals surface area contributed by atoms with Crippen molar-refractivity contribution < 1.29 is 4.92 Å². The SMILES string of the molecule is Cc1cn2c(c(NCCCN3CCN(CCCN=Cc4ccc([N+](=O)[O-])cc4)CC3)nc3ccccc32)c1[C]1[CH][CH][CH][CH]1. The van der Waals surface area contributed by atoms with Gasteiger partial charge < -0.3 is 19.5 Å². The zero-order valence-electron chi connectivity index (χ0n) is 24.7. The van der Waals surface area contributed by atoms with Gasteiger partial charge in [0.1, 0.15) is 0 Å². The van der Waals surface area contributed by atoms with Crippen LogP contribution in [0.15, 0.2) is 59.7 Å². The molecule has 2 aromatic heterocycles. The minimum atomic E-state index is -0.385. The number of nitrogens with zero attached hydrogens (tertiary/aromatic N) is 6. The number of non-ortho nitro benzene ring substituents is 1. The van der Waals surface area contributed by atoms with E-state index in [1.54, 1.807) is 18.3 Å². The summed E-state index contributed by atoms with van der Waals surface area (Å²) in [5, 5.41) is 14.5. The van der Waals surface area contributed by atoms with Gasteiger partial charge in [-0.15, -0.1) is 0 Å². The van der Waals surface area contributed by atoms with Crippen LogP contribution in [0.4, 0.5) is 11.5 Å². The van der Waals surface area contributed by atoms with Crippen molar-refractivity contribution in [1.82, 2.24) is 19.2 Å². The van der Waals surface area contributed by atoms with Crippen LogP contribution in [0.1, 0.15) is 29.5 Å². The Bertz CT molecular complexity index is 1570. The number of benzene rings is 2. The minimum absolute atomic E-state index is 0.103. The lowest BCUT2D eigenvalue weighted by Gasteiger charge is -2.34. The minimum Gasteiger partial charge on any atom is -0.368 e. The number of hydrogen-bond donors (Lipinski definition) is 1. The molecule has 2 aliphatic rings. The summed E-state index contributed by atoms with van der Waals surface area (Å²) >= 11 is 0. The molecule has 0 atom stereocenters. The number of nitro benzene ring substituents is 1. The highest BCUT2D eigenvalue weighted by molar-refractivity contribution is 5.89. The largest absolute Gasteiger partial charge is 0.368 e. The van der Waals surface area contributed by atoms with Crippen molar-refractivity contribution >= 4 is 34.3 Å². The Morgan fingerprint density at radius 1 is 0.977 bits per heavy atom. The molecular formula is C34H38N7O2. The molecule has 1 N–H and O–H groups in total. The number of aryl methyl sites for hydroxylation is 1. The molecule has 1 aliphatic heterocycles. The van der Waals surface area contributed by atoms with Crippen molar-refractivity contribution in [3.8, 4) is 0 Å². The summed E-state index contributed by atoms with van der Waals surface area (Å²) in [5.74, 6) is 2.18. The number of nitro groups is 1. The molecule has 0 bridgehead atoms. The van der Waals surface area contributed by atoms with E-state index in [4.69, 9.17) is 4.98 Å². The highest BCUT2D eigenvalue weighted by atomic mass is 16.6. The lowest BCUT2D eigenvalue weighted by molar-refractivity contribution is -0.384. The molecule has 6 rings (SSSR count). The fraction of sp³-hybridized carbons (Fsp3) is 0.324. The summed E-state index contributed by atoms with van der Waals surface area (Å²) < 4.78 is 2.29. The molecular weight excluding hydrogens is 538 g/mol. The van der Waals surface area contributed by atoms with Crippen LogP contribution in [0, 0.1) is 48.6 Å². The maximum absolute atomic E-state index is 10.8. The molecule has 221 valence electrons. The van der Waals surface area contributed by atoms with Crippen LogP contribution in [0.25, 0.3) is 16.6 Å². The van der Waals surface area contributed by atoms with Gasteiger partial charge >= 0.3 is 0 Å². The molecule has 4 aromatic rings. The second-order valence-electron chi connectivity index (χ2n) is 11.2. The van der Waals surface area contributed by atoms with Crippen LogP contribution < -0.4 is 5.32 Å². The van der Waals surface area contributed by atoms with Crippen molar-refractivity contribution in [3.63, 3.8) is 0 Å². The van der Waals surface area contributed by atoms with E-state index in [-0.39, 0.29) is 10.6 Å². The van der Waals surface area contributed by atoms with Crippen molar-refractivity contribution in [2.45, 2.75) is 19.8 Å². The number of anilines is 1. The third kappa shape index (κ3) is 6.89. The Hall–Kier alpha value is -3.82. The van der Waals surface area contributed by atoms with Crippen LogP contribution in [-0.2, 0) is 0 Å². The summed E-state index contributed by atoms with van der Waals surface area (Å²) in [6.07, 6.45) is 14.6. The molecule has 9 nitrogen and oxygen atoms in total. The Morgan fingerprint density at radius 2 is 1.67 bits per heavy atom. The van der Waals surface area contributed by atoms with E-state index in [2.05, 4.69) is 81.5 Å². The maximum Gasteiger partial charge on any atom is 0.269 e. The summed E-state index contributed by atoms with van der Waals surface area (Å²) in [6.45, 7) is 10.3.